The van der Waals surface area contributed by atoms with Crippen LogP contribution in [0.15, 0.2) is 204 Å². The molecule has 2 aliphatic rings. The van der Waals surface area contributed by atoms with Crippen LogP contribution in [0.3, 0.4) is 0 Å². The van der Waals surface area contributed by atoms with Crippen LogP contribution in [0.25, 0.3) is 0 Å². The summed E-state index contributed by atoms with van der Waals surface area (Å²) in [5.74, 6) is 0. The van der Waals surface area contributed by atoms with Crippen molar-refractivity contribution in [3.05, 3.63) is 263 Å². The minimum absolute atomic E-state index is 0. The summed E-state index contributed by atoms with van der Waals surface area (Å²) in [7, 11) is -9.43. The molecule has 2 heterocycles. The second-order valence-electron chi connectivity index (χ2n) is 18.4. The summed E-state index contributed by atoms with van der Waals surface area (Å²) in [6.07, 6.45) is 0. The van der Waals surface area contributed by atoms with Crippen molar-refractivity contribution in [2.45, 2.75) is 75.5 Å². The Labute approximate surface area is 468 Å². The molecule has 384 valence electrons. The van der Waals surface area contributed by atoms with E-state index < -0.39 is 20.2 Å². The summed E-state index contributed by atoms with van der Waals surface area (Å²) in [5, 5.41) is 0. The summed E-state index contributed by atoms with van der Waals surface area (Å²) in [6.45, 7) is 19.5. The molecule has 14 heteroatoms. The van der Waals surface area contributed by atoms with Crippen molar-refractivity contribution in [1.29, 1.82) is 0 Å². The molecule has 0 aliphatic carbocycles. The van der Waals surface area contributed by atoms with Gasteiger partial charge < -0.3 is 28.7 Å². The van der Waals surface area contributed by atoms with E-state index in [1.165, 1.54) is 23.3 Å². The van der Waals surface area contributed by atoms with Crippen LogP contribution in [-0.4, -0.2) is 25.9 Å². The fourth-order valence-corrected chi connectivity index (χ4v) is 11.9. The van der Waals surface area contributed by atoms with Gasteiger partial charge in [-0.1, -0.05) is 181 Å². The molecule has 0 saturated carbocycles. The van der Waals surface area contributed by atoms with E-state index in [0.29, 0.717) is 11.4 Å². The molecule has 0 bridgehead atoms. The normalized spacial score (nSPS) is 17.5. The summed E-state index contributed by atoms with van der Waals surface area (Å²) < 4.78 is 73.7. The topological polar surface area (TPSA) is 127 Å². The molecule has 4 atom stereocenters. The van der Waals surface area contributed by atoms with Crippen molar-refractivity contribution in [3.63, 3.8) is 0 Å². The maximum Gasteiger partial charge on any atom is 1.00 e. The number of nitrogens with zero attached hydrogens (tertiary/aromatic N) is 4. The Bertz CT molecular complexity index is 3170. The van der Waals surface area contributed by atoms with Crippen molar-refractivity contribution >= 4 is 43.0 Å². The summed E-state index contributed by atoms with van der Waals surface area (Å²) in [4.78, 5) is 7.32. The van der Waals surface area contributed by atoms with Gasteiger partial charge in [-0.25, -0.2) is 16.8 Å². The Hall–Kier alpha value is -5.74. The zero-order valence-corrected chi connectivity index (χ0v) is 46.0. The number of rotatable bonds is 10. The molecule has 10 rings (SSSR count). The monoisotopic (exact) mass is 1200 g/mol. The van der Waals surface area contributed by atoms with E-state index in [1.54, 1.807) is 36.4 Å². The first-order valence-corrected chi connectivity index (χ1v) is 26.5. The van der Waals surface area contributed by atoms with Gasteiger partial charge in [-0.15, -0.1) is 0 Å². The second-order valence-corrected chi connectivity index (χ2v) is 21.1. The van der Waals surface area contributed by atoms with Gasteiger partial charge in [-0.3, -0.25) is 0 Å². The number of anilines is 4. The number of benzene rings is 8. The molecule has 0 N–H and O–H groups in total. The first kappa shape index (κ1) is 56.0. The number of hydrogen-bond acceptors (Lipinski definition) is 10. The first-order valence-electron chi connectivity index (χ1n) is 23.7. The zero-order chi connectivity index (χ0) is 50.9. The van der Waals surface area contributed by atoms with Gasteiger partial charge in [0.15, 0.2) is 0 Å². The predicted octanol–water partition coefficient (Wildman–Crippen LogP) is 12.6. The predicted molar refractivity (Wildman–Crippen MR) is 283 cm³/mol. The van der Waals surface area contributed by atoms with Crippen LogP contribution in [0, 0.1) is 54.9 Å². The standard InChI is InChI=1S/2C30H28N2O3S.2Ag/c2*1-21-18-22(2)28(23(3)19-21)32-20-31(26-16-10-11-17-27(26)36(33,34)35)29(24-12-6-4-7-13-24)30(32)25-14-8-5-9-15-25;;/h2*4-19,29-30H,1-3H3,(H,33,34,35);;/q;;2*+1/p-2/t2*29-,30-;;/m00../s1. The van der Waals surface area contributed by atoms with E-state index in [0.717, 1.165) is 55.9 Å². The minimum atomic E-state index is -4.71. The number of hydrogen-bond donors (Lipinski definition) is 0. The van der Waals surface area contributed by atoms with Gasteiger partial charge in [0.2, 0.25) is 13.3 Å². The Balaban J connectivity index is 0.000000211. The summed E-state index contributed by atoms with van der Waals surface area (Å²) in [5.41, 5.74) is 13.5. The quantitative estimate of drug-likeness (QED) is 0.0964. The largest absolute Gasteiger partial charge is 1.00 e. The molecular formula is C60H54Ag2N4O6S2. The Kier molecular flexibility index (Phi) is 17.7. The number of para-hydroxylation sites is 2. The van der Waals surface area contributed by atoms with Crippen molar-refractivity contribution in [1.82, 2.24) is 0 Å². The van der Waals surface area contributed by atoms with Crippen molar-refractivity contribution in [3.8, 4) is 0 Å². The molecule has 10 nitrogen and oxygen atoms in total. The van der Waals surface area contributed by atoms with Gasteiger partial charge >= 0.3 is 44.8 Å². The van der Waals surface area contributed by atoms with Gasteiger partial charge in [0.05, 0.1) is 45.3 Å². The van der Waals surface area contributed by atoms with Crippen LogP contribution < -0.4 is 19.6 Å². The average molecular weight is 1210 g/mol. The van der Waals surface area contributed by atoms with Crippen molar-refractivity contribution < 1.29 is 70.7 Å². The summed E-state index contributed by atoms with van der Waals surface area (Å²) in [6, 6.07) is 60.3. The molecule has 0 aromatic heterocycles. The SMILES string of the molecule is Cc1cc(C)c(N2[C]N(c3ccccc3S(=O)(=O)[O-])[C@@H](c3ccccc3)[C@@H]2c2ccccc2)c(C)c1.Cc1cc(C)c(N2[C]N(c3ccccc3S(=O)(=O)[O-])[C@@H](c3ccccc3)[C@@H]2c2ccccc2)c(C)c1.[Ag+].[Ag+]. The van der Waals surface area contributed by atoms with Crippen LogP contribution in [0.2, 0.25) is 0 Å². The van der Waals surface area contributed by atoms with E-state index in [2.05, 4.69) is 113 Å². The molecule has 8 aromatic rings. The van der Waals surface area contributed by atoms with Crippen LogP contribution in [0.5, 0.6) is 0 Å². The van der Waals surface area contributed by atoms with E-state index in [1.807, 2.05) is 107 Å². The van der Waals surface area contributed by atoms with Crippen LogP contribution in [0.4, 0.5) is 22.7 Å². The molecule has 2 fully saturated rings. The smallest absolute Gasteiger partial charge is 0.744 e. The molecule has 2 saturated heterocycles. The van der Waals surface area contributed by atoms with E-state index >= 15 is 0 Å². The Morgan fingerprint density at radius 1 is 0.351 bits per heavy atom. The fourth-order valence-electron chi connectivity index (χ4n) is 10.6. The van der Waals surface area contributed by atoms with E-state index in [-0.39, 0.29) is 78.7 Å². The van der Waals surface area contributed by atoms with E-state index in [4.69, 9.17) is 0 Å². The van der Waals surface area contributed by atoms with Gasteiger partial charge in [0.1, 0.15) is 20.2 Å². The molecule has 0 amide bonds. The third kappa shape index (κ3) is 11.6. The first-order chi connectivity index (χ1) is 34.5. The maximum atomic E-state index is 12.3. The summed E-state index contributed by atoms with van der Waals surface area (Å²) >= 11 is 0. The Morgan fingerprint density at radius 2 is 0.581 bits per heavy atom. The maximum absolute atomic E-state index is 12.3. The van der Waals surface area contributed by atoms with Gasteiger partial charge in [-0.05, 0) is 110 Å². The molecule has 4 radical (unpaired) electrons. The fraction of sp³-hybridized carbons (Fsp3) is 0.167. The average Bonchev–Trinajstić information content (AvgIpc) is 3.94. The van der Waals surface area contributed by atoms with Crippen LogP contribution >= 0.6 is 0 Å². The minimum Gasteiger partial charge on any atom is -0.744 e. The third-order valence-corrected chi connectivity index (χ3v) is 15.0. The Morgan fingerprint density at radius 3 is 0.838 bits per heavy atom. The molecule has 0 spiro atoms. The van der Waals surface area contributed by atoms with Gasteiger partial charge in [-0.2, -0.15) is 0 Å². The van der Waals surface area contributed by atoms with Gasteiger partial charge in [0, 0.05) is 11.4 Å². The van der Waals surface area contributed by atoms with Crippen LogP contribution in [-0.2, 0) is 65.0 Å². The molecule has 0 unspecified atom stereocenters. The zero-order valence-electron chi connectivity index (χ0n) is 41.4. The molecular weight excluding hydrogens is 1150 g/mol. The second kappa shape index (κ2) is 23.4. The molecule has 8 aromatic carbocycles. The van der Waals surface area contributed by atoms with Crippen LogP contribution in [0.1, 0.15) is 79.8 Å². The number of aryl methyl sites for hydroxylation is 6. The van der Waals surface area contributed by atoms with Crippen molar-refractivity contribution in [2.24, 2.45) is 0 Å². The molecule has 74 heavy (non-hydrogen) atoms. The van der Waals surface area contributed by atoms with E-state index in [9.17, 15) is 25.9 Å². The third-order valence-electron chi connectivity index (χ3n) is 13.2. The molecule has 2 aliphatic heterocycles. The van der Waals surface area contributed by atoms with Crippen molar-refractivity contribution in [2.75, 3.05) is 19.6 Å². The van der Waals surface area contributed by atoms with Gasteiger partial charge in [0.25, 0.3) is 0 Å².